The maximum absolute atomic E-state index is 10.8. The molecule has 0 rings (SSSR count). The molecule has 0 amide bonds. The van der Waals surface area contributed by atoms with Gasteiger partial charge in [0.05, 0.1) is 6.61 Å². The molecule has 0 aromatic carbocycles. The first kappa shape index (κ1) is 19.2. The maximum Gasteiger partial charge on any atom is 0.189 e. The van der Waals surface area contributed by atoms with E-state index in [0.29, 0.717) is 12.4 Å². The molecule has 0 saturated carbocycles. The summed E-state index contributed by atoms with van der Waals surface area (Å²) in [6, 6.07) is 0. The maximum atomic E-state index is 10.8. The molecule has 0 bridgehead atoms. The number of unbranched alkanes of at least 4 members (excludes halogenated alkanes) is 8. The topological polar surface area (TPSA) is 35.5 Å². The van der Waals surface area contributed by atoms with E-state index < -0.39 is 0 Å². The summed E-state index contributed by atoms with van der Waals surface area (Å²) in [6.45, 7) is 5.13. The number of carbonyl (C=O) groups is 1. The Labute approximate surface area is 124 Å². The van der Waals surface area contributed by atoms with Crippen molar-refractivity contribution in [2.75, 3.05) is 13.4 Å². The number of rotatable bonds is 15. The van der Waals surface area contributed by atoms with Gasteiger partial charge in [-0.15, -0.1) is 0 Å². The normalized spacial score (nSPS) is 11.6. The van der Waals surface area contributed by atoms with Crippen LogP contribution in [-0.2, 0) is 14.3 Å². The lowest BCUT2D eigenvalue weighted by Crippen LogP contribution is -2.01. The highest BCUT2D eigenvalue weighted by molar-refractivity contribution is 5.69. The van der Waals surface area contributed by atoms with E-state index in [0.717, 1.165) is 25.5 Å². The van der Waals surface area contributed by atoms with Gasteiger partial charge in [0, 0.05) is 0 Å². The zero-order valence-corrected chi connectivity index (χ0v) is 13.4. The van der Waals surface area contributed by atoms with Gasteiger partial charge in [-0.3, -0.25) is 4.79 Å². The molecule has 0 unspecified atom stereocenters. The van der Waals surface area contributed by atoms with Crippen LogP contribution in [0.2, 0.25) is 0 Å². The number of allylic oxidation sites excluding steroid dienone is 2. The van der Waals surface area contributed by atoms with Gasteiger partial charge in [-0.05, 0) is 25.3 Å². The fourth-order valence-electron chi connectivity index (χ4n) is 1.98. The molecule has 3 heteroatoms. The van der Waals surface area contributed by atoms with Crippen molar-refractivity contribution in [3.8, 4) is 0 Å². The number of hydrogen-bond acceptors (Lipinski definition) is 3. The molecule has 0 aliphatic heterocycles. The third-order valence-electron chi connectivity index (χ3n) is 3.18. The van der Waals surface area contributed by atoms with Crippen LogP contribution in [0.15, 0.2) is 11.8 Å². The summed E-state index contributed by atoms with van der Waals surface area (Å²) in [6.07, 6.45) is 14.9. The van der Waals surface area contributed by atoms with Crippen molar-refractivity contribution in [3.05, 3.63) is 11.8 Å². The Morgan fingerprint density at radius 2 is 1.55 bits per heavy atom. The minimum atomic E-state index is 0.176. The van der Waals surface area contributed by atoms with Gasteiger partial charge < -0.3 is 9.47 Å². The summed E-state index contributed by atoms with van der Waals surface area (Å²) in [5.74, 6) is 0.407. The van der Waals surface area contributed by atoms with E-state index >= 15 is 0 Å². The van der Waals surface area contributed by atoms with Crippen molar-refractivity contribution in [1.29, 1.82) is 0 Å². The van der Waals surface area contributed by atoms with Crippen LogP contribution in [0.3, 0.4) is 0 Å². The molecule has 118 valence electrons. The number of aldehydes is 1. The van der Waals surface area contributed by atoms with Crippen molar-refractivity contribution >= 4 is 6.29 Å². The van der Waals surface area contributed by atoms with Gasteiger partial charge in [0.15, 0.2) is 18.8 Å². The third kappa shape index (κ3) is 13.6. The van der Waals surface area contributed by atoms with Crippen LogP contribution in [0.5, 0.6) is 0 Å². The Morgan fingerprint density at radius 1 is 0.900 bits per heavy atom. The lowest BCUT2D eigenvalue weighted by molar-refractivity contribution is -0.111. The average molecular weight is 284 g/mol. The van der Waals surface area contributed by atoms with Gasteiger partial charge in [0.1, 0.15) is 0 Å². The Bertz CT molecular complexity index is 236. The molecular formula is C17H32O3. The first-order valence-corrected chi connectivity index (χ1v) is 8.21. The van der Waals surface area contributed by atoms with Gasteiger partial charge in [0.2, 0.25) is 0 Å². The molecule has 0 aromatic heterocycles. The van der Waals surface area contributed by atoms with Crippen molar-refractivity contribution in [3.63, 3.8) is 0 Å². The molecule has 0 saturated heterocycles. The summed E-state index contributed by atoms with van der Waals surface area (Å²) < 4.78 is 10.4. The minimum Gasteiger partial charge on any atom is -0.464 e. The second-order valence-electron chi connectivity index (χ2n) is 5.16. The van der Waals surface area contributed by atoms with E-state index in [1.54, 1.807) is 0 Å². The quantitative estimate of drug-likeness (QED) is 0.139. The summed E-state index contributed by atoms with van der Waals surface area (Å²) in [4.78, 5) is 10.8. The highest BCUT2D eigenvalue weighted by Gasteiger charge is 1.96. The summed E-state index contributed by atoms with van der Waals surface area (Å²) in [7, 11) is 0. The minimum absolute atomic E-state index is 0.176. The Hall–Kier alpha value is -0.830. The van der Waals surface area contributed by atoms with Crippen LogP contribution < -0.4 is 0 Å². The van der Waals surface area contributed by atoms with E-state index in [4.69, 9.17) is 9.47 Å². The van der Waals surface area contributed by atoms with E-state index in [9.17, 15) is 4.79 Å². The van der Waals surface area contributed by atoms with Crippen molar-refractivity contribution in [2.24, 2.45) is 0 Å². The smallest absolute Gasteiger partial charge is 0.189 e. The molecule has 0 heterocycles. The van der Waals surface area contributed by atoms with Crippen LogP contribution in [0.1, 0.15) is 78.1 Å². The van der Waals surface area contributed by atoms with Gasteiger partial charge in [-0.1, -0.05) is 58.8 Å². The van der Waals surface area contributed by atoms with Gasteiger partial charge in [-0.25, -0.2) is 0 Å². The summed E-state index contributed by atoms with van der Waals surface area (Å²) in [5, 5.41) is 0. The van der Waals surface area contributed by atoms with Gasteiger partial charge in [-0.2, -0.15) is 0 Å². The monoisotopic (exact) mass is 284 g/mol. The van der Waals surface area contributed by atoms with Gasteiger partial charge in [0.25, 0.3) is 0 Å². The first-order chi connectivity index (χ1) is 9.85. The number of ether oxygens (including phenoxy) is 2. The molecule has 0 fully saturated rings. The highest BCUT2D eigenvalue weighted by Crippen LogP contribution is 2.10. The predicted octanol–water partition coefficient (Wildman–Crippen LogP) is 5.00. The lowest BCUT2D eigenvalue weighted by Gasteiger charge is -2.05. The van der Waals surface area contributed by atoms with Crippen LogP contribution in [0.25, 0.3) is 0 Å². The molecule has 0 atom stereocenters. The third-order valence-corrected chi connectivity index (χ3v) is 3.18. The second kappa shape index (κ2) is 16.2. The van der Waals surface area contributed by atoms with Crippen LogP contribution in [-0.4, -0.2) is 19.7 Å². The number of hydrogen-bond donors (Lipinski definition) is 0. The lowest BCUT2D eigenvalue weighted by atomic mass is 10.1. The van der Waals surface area contributed by atoms with Crippen molar-refractivity contribution in [2.45, 2.75) is 78.1 Å². The fourth-order valence-corrected chi connectivity index (χ4v) is 1.98. The molecule has 0 aromatic rings. The Morgan fingerprint density at radius 3 is 2.15 bits per heavy atom. The largest absolute Gasteiger partial charge is 0.464 e. The van der Waals surface area contributed by atoms with Crippen LogP contribution >= 0.6 is 0 Å². The predicted molar refractivity (Wildman–Crippen MR) is 83.6 cm³/mol. The Balaban J connectivity index is 3.42. The molecule has 0 spiro atoms. The SMILES string of the molecule is CCCCCCCCCCC=C(C=O)OCOCCC. The second-order valence-corrected chi connectivity index (χ2v) is 5.16. The number of carbonyl (C=O) groups excluding carboxylic acids is 1. The molecule has 3 nitrogen and oxygen atoms in total. The molecule has 0 N–H and O–H groups in total. The molecule has 20 heavy (non-hydrogen) atoms. The average Bonchev–Trinajstić information content (AvgIpc) is 2.47. The standard InChI is InChI=1S/C17H32O3/c1-3-5-6-7-8-9-10-11-12-13-17(15-18)20-16-19-14-4-2/h13,15H,3-12,14,16H2,1-2H3. The summed E-state index contributed by atoms with van der Waals surface area (Å²) in [5.41, 5.74) is 0. The van der Waals surface area contributed by atoms with E-state index in [1.165, 1.54) is 44.9 Å². The highest BCUT2D eigenvalue weighted by atomic mass is 16.7. The van der Waals surface area contributed by atoms with Crippen LogP contribution in [0.4, 0.5) is 0 Å². The van der Waals surface area contributed by atoms with E-state index in [2.05, 4.69) is 6.92 Å². The first-order valence-electron chi connectivity index (χ1n) is 8.21. The molecular weight excluding hydrogens is 252 g/mol. The zero-order chi connectivity index (χ0) is 14.9. The molecule has 0 radical (unpaired) electrons. The van der Waals surface area contributed by atoms with Crippen LogP contribution in [0, 0.1) is 0 Å². The molecule has 0 aliphatic carbocycles. The molecule has 0 aliphatic rings. The van der Waals surface area contributed by atoms with E-state index in [-0.39, 0.29) is 6.79 Å². The van der Waals surface area contributed by atoms with Crippen molar-refractivity contribution < 1.29 is 14.3 Å². The van der Waals surface area contributed by atoms with E-state index in [1.807, 2.05) is 13.0 Å². The Kier molecular flexibility index (Phi) is 15.6. The fraction of sp³-hybridized carbons (Fsp3) is 0.824. The zero-order valence-electron chi connectivity index (χ0n) is 13.4. The van der Waals surface area contributed by atoms with Crippen molar-refractivity contribution in [1.82, 2.24) is 0 Å². The van der Waals surface area contributed by atoms with Gasteiger partial charge >= 0.3 is 0 Å². The summed E-state index contributed by atoms with van der Waals surface area (Å²) >= 11 is 0.